The molecule has 0 radical (unpaired) electrons. The summed E-state index contributed by atoms with van der Waals surface area (Å²) in [6.45, 7) is 1.46. The highest BCUT2D eigenvalue weighted by atomic mass is 35.5. The number of anilines is 1. The second kappa shape index (κ2) is 6.91. The fourth-order valence-electron chi connectivity index (χ4n) is 1.76. The first-order valence-corrected chi connectivity index (χ1v) is 8.39. The number of amides is 1. The molecule has 22 heavy (non-hydrogen) atoms. The van der Waals surface area contributed by atoms with Gasteiger partial charge in [0.2, 0.25) is 15.9 Å². The number of hydrogen-bond donors (Lipinski definition) is 2. The van der Waals surface area contributed by atoms with Gasteiger partial charge in [-0.1, -0.05) is 41.9 Å². The van der Waals surface area contributed by atoms with Crippen molar-refractivity contribution in [2.45, 2.75) is 17.9 Å². The summed E-state index contributed by atoms with van der Waals surface area (Å²) in [5.74, 6) is -0.493. The Morgan fingerprint density at radius 3 is 2.27 bits per heavy atom. The van der Waals surface area contributed by atoms with Gasteiger partial charge in [-0.15, -0.1) is 0 Å². The van der Waals surface area contributed by atoms with E-state index in [9.17, 15) is 13.2 Å². The summed E-state index contributed by atoms with van der Waals surface area (Å²) in [6.07, 6.45) is 0. The average molecular weight is 339 g/mol. The van der Waals surface area contributed by atoms with Crippen LogP contribution >= 0.6 is 11.6 Å². The summed E-state index contributed by atoms with van der Waals surface area (Å²) in [6, 6.07) is 13.6. The van der Waals surface area contributed by atoms with Gasteiger partial charge < -0.3 is 5.32 Å². The summed E-state index contributed by atoms with van der Waals surface area (Å²) >= 11 is 5.95. The van der Waals surface area contributed by atoms with Crippen molar-refractivity contribution in [1.82, 2.24) is 4.72 Å². The molecule has 1 atom stereocenters. The van der Waals surface area contributed by atoms with Crippen LogP contribution in [0.3, 0.4) is 0 Å². The lowest BCUT2D eigenvalue weighted by Crippen LogP contribution is -2.41. The lowest BCUT2D eigenvalue weighted by atomic mass is 10.3. The van der Waals surface area contributed by atoms with Gasteiger partial charge in [-0.2, -0.15) is 4.72 Å². The summed E-state index contributed by atoms with van der Waals surface area (Å²) in [7, 11) is -3.75. The van der Waals surface area contributed by atoms with Gasteiger partial charge in [0.15, 0.2) is 0 Å². The first-order valence-electron chi connectivity index (χ1n) is 6.53. The molecule has 2 rings (SSSR count). The molecule has 116 valence electrons. The summed E-state index contributed by atoms with van der Waals surface area (Å²) in [5.41, 5.74) is 0.430. The van der Waals surface area contributed by atoms with Gasteiger partial charge in [-0.3, -0.25) is 4.79 Å². The predicted molar refractivity (Wildman–Crippen MR) is 86.3 cm³/mol. The third-order valence-electron chi connectivity index (χ3n) is 2.91. The van der Waals surface area contributed by atoms with Gasteiger partial charge in [0.05, 0.1) is 21.6 Å². The molecule has 0 aliphatic carbocycles. The van der Waals surface area contributed by atoms with E-state index in [1.54, 1.807) is 42.5 Å². The van der Waals surface area contributed by atoms with Gasteiger partial charge >= 0.3 is 0 Å². The predicted octanol–water partition coefficient (Wildman–Crippen LogP) is 2.65. The molecule has 0 aliphatic rings. The van der Waals surface area contributed by atoms with Crippen LogP contribution < -0.4 is 10.0 Å². The van der Waals surface area contributed by atoms with Crippen molar-refractivity contribution in [2.24, 2.45) is 0 Å². The van der Waals surface area contributed by atoms with Crippen LogP contribution in [0.15, 0.2) is 59.5 Å². The van der Waals surface area contributed by atoms with E-state index < -0.39 is 22.0 Å². The van der Waals surface area contributed by atoms with E-state index in [4.69, 9.17) is 11.6 Å². The number of hydrogen-bond acceptors (Lipinski definition) is 3. The average Bonchev–Trinajstić information content (AvgIpc) is 2.50. The lowest BCUT2D eigenvalue weighted by Gasteiger charge is -2.15. The number of rotatable bonds is 5. The first-order chi connectivity index (χ1) is 10.4. The number of sulfonamides is 1. The molecule has 0 bridgehead atoms. The maximum absolute atomic E-state index is 12.1. The molecule has 0 unspecified atom stereocenters. The van der Waals surface area contributed by atoms with Crippen molar-refractivity contribution in [3.8, 4) is 0 Å². The lowest BCUT2D eigenvalue weighted by molar-refractivity contribution is -0.117. The van der Waals surface area contributed by atoms with Crippen LogP contribution in [0.1, 0.15) is 6.92 Å². The van der Waals surface area contributed by atoms with E-state index in [1.165, 1.54) is 19.1 Å². The quantitative estimate of drug-likeness (QED) is 0.880. The number of para-hydroxylation sites is 1. The Morgan fingerprint density at radius 2 is 1.64 bits per heavy atom. The second-order valence-corrected chi connectivity index (χ2v) is 6.75. The molecule has 1 amide bonds. The van der Waals surface area contributed by atoms with Crippen LogP contribution in [-0.2, 0) is 14.8 Å². The van der Waals surface area contributed by atoms with Gasteiger partial charge in [0.25, 0.3) is 0 Å². The maximum Gasteiger partial charge on any atom is 0.242 e. The largest absolute Gasteiger partial charge is 0.323 e. The number of carbonyl (C=O) groups is 1. The fraction of sp³-hybridized carbons (Fsp3) is 0.133. The first kappa shape index (κ1) is 16.5. The van der Waals surface area contributed by atoms with Crippen molar-refractivity contribution in [1.29, 1.82) is 0 Å². The molecular formula is C15H15ClN2O3S. The molecule has 5 nitrogen and oxygen atoms in total. The highest BCUT2D eigenvalue weighted by molar-refractivity contribution is 7.89. The number of nitrogens with one attached hydrogen (secondary N) is 2. The van der Waals surface area contributed by atoms with E-state index >= 15 is 0 Å². The summed E-state index contributed by atoms with van der Waals surface area (Å²) in [5, 5.41) is 2.97. The van der Waals surface area contributed by atoms with Crippen LogP contribution in [0.25, 0.3) is 0 Å². The highest BCUT2D eigenvalue weighted by Gasteiger charge is 2.22. The summed E-state index contributed by atoms with van der Waals surface area (Å²) < 4.78 is 26.6. The highest BCUT2D eigenvalue weighted by Crippen LogP contribution is 2.20. The van der Waals surface area contributed by atoms with Crippen molar-refractivity contribution >= 4 is 33.2 Å². The molecule has 0 spiro atoms. The molecule has 0 aliphatic heterocycles. The van der Waals surface area contributed by atoms with Crippen molar-refractivity contribution < 1.29 is 13.2 Å². The molecular weight excluding hydrogens is 324 g/mol. The smallest absolute Gasteiger partial charge is 0.242 e. The Balaban J connectivity index is 2.07. The fourth-order valence-corrected chi connectivity index (χ4v) is 3.16. The second-order valence-electron chi connectivity index (χ2n) is 4.63. The Morgan fingerprint density at radius 1 is 1.05 bits per heavy atom. The van der Waals surface area contributed by atoms with Crippen LogP contribution in [0.4, 0.5) is 5.69 Å². The van der Waals surface area contributed by atoms with Crippen LogP contribution in [-0.4, -0.2) is 20.4 Å². The Kier molecular flexibility index (Phi) is 5.18. The molecule has 2 N–H and O–H groups in total. The third-order valence-corrected chi connectivity index (χ3v) is 4.80. The third kappa shape index (κ3) is 4.07. The Labute approximate surface area is 134 Å². The van der Waals surface area contributed by atoms with E-state index in [-0.39, 0.29) is 4.90 Å². The van der Waals surface area contributed by atoms with Gasteiger partial charge in [-0.05, 0) is 31.2 Å². The van der Waals surface area contributed by atoms with E-state index in [0.29, 0.717) is 10.7 Å². The van der Waals surface area contributed by atoms with Crippen molar-refractivity contribution in [2.75, 3.05) is 5.32 Å². The molecule has 0 saturated carbocycles. The van der Waals surface area contributed by atoms with Crippen molar-refractivity contribution in [3.05, 3.63) is 59.6 Å². The van der Waals surface area contributed by atoms with Crippen LogP contribution in [0.5, 0.6) is 0 Å². The molecule has 0 fully saturated rings. The minimum Gasteiger partial charge on any atom is -0.323 e. The minimum atomic E-state index is -3.75. The number of carbonyl (C=O) groups excluding carboxylic acids is 1. The zero-order valence-electron chi connectivity index (χ0n) is 11.8. The minimum absolute atomic E-state index is 0.104. The van der Waals surface area contributed by atoms with E-state index in [0.717, 1.165) is 0 Å². The number of halogens is 1. The SMILES string of the molecule is C[C@@H](NS(=O)(=O)c1ccccc1)C(=O)Nc1ccccc1Cl. The standard InChI is InChI=1S/C15H15ClN2O3S/c1-11(15(19)17-14-10-6-5-9-13(14)16)18-22(20,21)12-7-3-2-4-8-12/h2-11,18H,1H3,(H,17,19)/t11-/m1/s1. The zero-order valence-corrected chi connectivity index (χ0v) is 13.4. The van der Waals surface area contributed by atoms with Gasteiger partial charge in [-0.25, -0.2) is 8.42 Å². The van der Waals surface area contributed by atoms with Crippen molar-refractivity contribution in [3.63, 3.8) is 0 Å². The summed E-state index contributed by atoms with van der Waals surface area (Å²) in [4.78, 5) is 12.2. The van der Waals surface area contributed by atoms with E-state index in [1.807, 2.05) is 0 Å². The molecule has 0 heterocycles. The Bertz CT molecular complexity index is 763. The number of benzene rings is 2. The molecule has 2 aromatic carbocycles. The molecule has 0 saturated heterocycles. The Hall–Kier alpha value is -1.89. The van der Waals surface area contributed by atoms with Gasteiger partial charge in [0.1, 0.15) is 0 Å². The van der Waals surface area contributed by atoms with Crippen LogP contribution in [0, 0.1) is 0 Å². The zero-order chi connectivity index (χ0) is 16.2. The maximum atomic E-state index is 12.1. The molecule has 7 heteroatoms. The topological polar surface area (TPSA) is 75.3 Å². The molecule has 2 aromatic rings. The van der Waals surface area contributed by atoms with Gasteiger partial charge in [0, 0.05) is 0 Å². The molecule has 0 aromatic heterocycles. The van der Waals surface area contributed by atoms with Crippen LogP contribution in [0.2, 0.25) is 5.02 Å². The normalized spacial score (nSPS) is 12.6. The van der Waals surface area contributed by atoms with E-state index in [2.05, 4.69) is 10.0 Å². The monoisotopic (exact) mass is 338 g/mol.